The Kier molecular flexibility index (Phi) is 6.21. The van der Waals surface area contributed by atoms with Crippen molar-refractivity contribution in [3.63, 3.8) is 0 Å². The lowest BCUT2D eigenvalue weighted by atomic mass is 10.1. The molecule has 0 aliphatic rings. The minimum Gasteiger partial charge on any atom is -0.359 e. The lowest BCUT2D eigenvalue weighted by Gasteiger charge is -2.18. The minimum atomic E-state index is -0.319. The molecule has 0 spiro atoms. The number of benzene rings is 1. The molecule has 1 amide bonds. The number of halogens is 1. The normalized spacial score (nSPS) is 10.6. The summed E-state index contributed by atoms with van der Waals surface area (Å²) in [5.74, 6) is 0.362. The van der Waals surface area contributed by atoms with Crippen LogP contribution in [0, 0.1) is 13.8 Å². The highest BCUT2D eigenvalue weighted by Crippen LogP contribution is 2.27. The van der Waals surface area contributed by atoms with Crippen LogP contribution in [0.4, 0.5) is 11.5 Å². The highest BCUT2D eigenvalue weighted by molar-refractivity contribution is 6.34. The van der Waals surface area contributed by atoms with Crippen molar-refractivity contribution in [1.29, 1.82) is 0 Å². The number of hydrogen-bond donors (Lipinski definition) is 1. The van der Waals surface area contributed by atoms with Crippen LogP contribution in [0.2, 0.25) is 5.02 Å². The Labute approximate surface area is 169 Å². The van der Waals surface area contributed by atoms with Crippen LogP contribution in [-0.4, -0.2) is 34.5 Å². The van der Waals surface area contributed by atoms with E-state index in [0.717, 1.165) is 24.1 Å². The van der Waals surface area contributed by atoms with Gasteiger partial charge < -0.3 is 10.2 Å². The van der Waals surface area contributed by atoms with Crippen LogP contribution >= 0.6 is 11.6 Å². The van der Waals surface area contributed by atoms with E-state index in [2.05, 4.69) is 20.3 Å². The van der Waals surface area contributed by atoms with Crippen LogP contribution in [0.3, 0.4) is 0 Å². The van der Waals surface area contributed by atoms with Crippen molar-refractivity contribution >= 4 is 29.0 Å². The third kappa shape index (κ3) is 4.84. The molecule has 7 heteroatoms. The SMILES string of the molecule is Cc1cc(C)c(NC(=O)c2cc(N(C)CCc3ccncc3)ncn2)c(Cl)c1. The summed E-state index contributed by atoms with van der Waals surface area (Å²) < 4.78 is 0. The van der Waals surface area contributed by atoms with Crippen molar-refractivity contribution in [3.05, 3.63) is 76.5 Å². The monoisotopic (exact) mass is 395 g/mol. The summed E-state index contributed by atoms with van der Waals surface area (Å²) in [6.07, 6.45) is 5.81. The highest BCUT2D eigenvalue weighted by Gasteiger charge is 2.14. The van der Waals surface area contributed by atoms with Crippen molar-refractivity contribution in [1.82, 2.24) is 15.0 Å². The zero-order valence-corrected chi connectivity index (χ0v) is 16.9. The molecular weight excluding hydrogens is 374 g/mol. The molecule has 28 heavy (non-hydrogen) atoms. The average Bonchev–Trinajstić information content (AvgIpc) is 2.69. The van der Waals surface area contributed by atoms with Crippen LogP contribution in [-0.2, 0) is 6.42 Å². The van der Waals surface area contributed by atoms with E-state index in [4.69, 9.17) is 11.6 Å². The molecule has 6 nitrogen and oxygen atoms in total. The fourth-order valence-electron chi connectivity index (χ4n) is 2.89. The molecule has 0 saturated carbocycles. The standard InChI is InChI=1S/C21H22ClN5O/c1-14-10-15(2)20(17(22)11-14)26-21(28)18-12-19(25-13-24-18)27(3)9-6-16-4-7-23-8-5-16/h4-5,7-8,10-13H,6,9H2,1-3H3,(H,26,28). The van der Waals surface area contributed by atoms with E-state index < -0.39 is 0 Å². The number of carbonyl (C=O) groups is 1. The largest absolute Gasteiger partial charge is 0.359 e. The number of aryl methyl sites for hydroxylation is 2. The van der Waals surface area contributed by atoms with Crippen molar-refractivity contribution in [2.75, 3.05) is 23.8 Å². The maximum Gasteiger partial charge on any atom is 0.274 e. The first-order chi connectivity index (χ1) is 13.4. The first kappa shape index (κ1) is 19.8. The molecule has 3 rings (SSSR count). The van der Waals surface area contributed by atoms with Crippen LogP contribution < -0.4 is 10.2 Å². The van der Waals surface area contributed by atoms with E-state index in [1.165, 1.54) is 11.9 Å². The van der Waals surface area contributed by atoms with E-state index in [0.29, 0.717) is 16.5 Å². The van der Waals surface area contributed by atoms with Gasteiger partial charge in [0.25, 0.3) is 5.91 Å². The Bertz CT molecular complexity index is 955. The van der Waals surface area contributed by atoms with E-state index >= 15 is 0 Å². The third-order valence-electron chi connectivity index (χ3n) is 4.43. The number of likely N-dealkylation sites (N-methyl/N-ethyl adjacent to an activating group) is 1. The Hall–Kier alpha value is -2.99. The molecule has 2 aromatic heterocycles. The molecule has 0 radical (unpaired) electrons. The fraction of sp³-hybridized carbons (Fsp3) is 0.238. The highest BCUT2D eigenvalue weighted by atomic mass is 35.5. The molecule has 0 aliphatic carbocycles. The molecule has 0 fully saturated rings. The summed E-state index contributed by atoms with van der Waals surface area (Å²) in [6, 6.07) is 9.45. The van der Waals surface area contributed by atoms with Crippen LogP contribution in [0.25, 0.3) is 0 Å². The van der Waals surface area contributed by atoms with Crippen molar-refractivity contribution in [2.24, 2.45) is 0 Å². The zero-order valence-electron chi connectivity index (χ0n) is 16.1. The van der Waals surface area contributed by atoms with E-state index in [1.807, 2.05) is 50.1 Å². The van der Waals surface area contributed by atoms with E-state index in [9.17, 15) is 4.79 Å². The van der Waals surface area contributed by atoms with Crippen LogP contribution in [0.1, 0.15) is 27.2 Å². The molecule has 1 aromatic carbocycles. The second-order valence-electron chi connectivity index (χ2n) is 6.68. The third-order valence-corrected chi connectivity index (χ3v) is 4.73. The summed E-state index contributed by atoms with van der Waals surface area (Å²) in [7, 11) is 1.94. The molecule has 144 valence electrons. The van der Waals surface area contributed by atoms with Gasteiger partial charge in [0.15, 0.2) is 0 Å². The Morgan fingerprint density at radius 2 is 1.89 bits per heavy atom. The number of hydrogen-bond acceptors (Lipinski definition) is 5. The van der Waals surface area contributed by atoms with Crippen molar-refractivity contribution in [3.8, 4) is 0 Å². The molecule has 0 atom stereocenters. The second-order valence-corrected chi connectivity index (χ2v) is 7.09. The van der Waals surface area contributed by atoms with Gasteiger partial charge in [-0.05, 0) is 55.2 Å². The summed E-state index contributed by atoms with van der Waals surface area (Å²) in [6.45, 7) is 4.63. The molecule has 0 aliphatic heterocycles. The number of nitrogens with one attached hydrogen (secondary N) is 1. The quantitative estimate of drug-likeness (QED) is 0.681. The van der Waals surface area contributed by atoms with E-state index in [1.54, 1.807) is 18.5 Å². The molecular formula is C21H22ClN5O. The van der Waals surface area contributed by atoms with Crippen molar-refractivity contribution < 1.29 is 4.79 Å². The Morgan fingerprint density at radius 3 is 2.61 bits per heavy atom. The van der Waals surface area contributed by atoms with Gasteiger partial charge >= 0.3 is 0 Å². The number of pyridine rings is 1. The van der Waals surface area contributed by atoms with Gasteiger partial charge in [0.2, 0.25) is 0 Å². The number of anilines is 2. The first-order valence-electron chi connectivity index (χ1n) is 8.94. The lowest BCUT2D eigenvalue weighted by Crippen LogP contribution is -2.23. The van der Waals surface area contributed by atoms with Gasteiger partial charge in [-0.15, -0.1) is 0 Å². The number of carbonyl (C=O) groups excluding carboxylic acids is 1. The maximum atomic E-state index is 12.7. The summed E-state index contributed by atoms with van der Waals surface area (Å²) in [5, 5.41) is 3.37. The molecule has 3 aromatic rings. The van der Waals surface area contributed by atoms with Crippen LogP contribution in [0.15, 0.2) is 49.1 Å². The van der Waals surface area contributed by atoms with Gasteiger partial charge in [0.05, 0.1) is 10.7 Å². The molecule has 2 heterocycles. The van der Waals surface area contributed by atoms with Crippen LogP contribution in [0.5, 0.6) is 0 Å². The smallest absolute Gasteiger partial charge is 0.274 e. The Morgan fingerprint density at radius 1 is 1.14 bits per heavy atom. The lowest BCUT2D eigenvalue weighted by molar-refractivity contribution is 0.102. The molecule has 1 N–H and O–H groups in total. The van der Waals surface area contributed by atoms with Gasteiger partial charge in [-0.2, -0.15) is 0 Å². The zero-order chi connectivity index (χ0) is 20.1. The van der Waals surface area contributed by atoms with Gasteiger partial charge in [-0.25, -0.2) is 9.97 Å². The summed E-state index contributed by atoms with van der Waals surface area (Å²) in [4.78, 5) is 27.1. The predicted molar refractivity (Wildman–Crippen MR) is 112 cm³/mol. The first-order valence-corrected chi connectivity index (χ1v) is 9.32. The predicted octanol–water partition coefficient (Wildman–Crippen LogP) is 4.07. The average molecular weight is 396 g/mol. The molecule has 0 saturated heterocycles. The fourth-order valence-corrected chi connectivity index (χ4v) is 3.26. The molecule has 0 unspecified atom stereocenters. The van der Waals surface area contributed by atoms with Gasteiger partial charge in [0, 0.05) is 32.1 Å². The van der Waals surface area contributed by atoms with Gasteiger partial charge in [0.1, 0.15) is 17.8 Å². The number of rotatable bonds is 6. The van der Waals surface area contributed by atoms with Gasteiger partial charge in [-0.3, -0.25) is 9.78 Å². The topological polar surface area (TPSA) is 71.0 Å². The minimum absolute atomic E-state index is 0.289. The van der Waals surface area contributed by atoms with Gasteiger partial charge in [-0.1, -0.05) is 17.7 Å². The second kappa shape index (κ2) is 8.80. The molecule has 0 bridgehead atoms. The summed E-state index contributed by atoms with van der Waals surface area (Å²) in [5.41, 5.74) is 4.03. The Balaban J connectivity index is 1.71. The van der Waals surface area contributed by atoms with Crippen molar-refractivity contribution in [2.45, 2.75) is 20.3 Å². The number of aromatic nitrogens is 3. The maximum absolute atomic E-state index is 12.7. The van der Waals surface area contributed by atoms with E-state index in [-0.39, 0.29) is 11.6 Å². The summed E-state index contributed by atoms with van der Waals surface area (Å²) >= 11 is 6.29. The number of nitrogens with zero attached hydrogens (tertiary/aromatic N) is 4. The number of amides is 1.